The van der Waals surface area contributed by atoms with Crippen LogP contribution in [0.4, 0.5) is 5.82 Å². The molecule has 0 spiro atoms. The van der Waals surface area contributed by atoms with Crippen molar-refractivity contribution in [3.63, 3.8) is 0 Å². The van der Waals surface area contributed by atoms with Crippen molar-refractivity contribution in [2.45, 2.75) is 32.6 Å². The summed E-state index contributed by atoms with van der Waals surface area (Å²) in [7, 11) is 0. The second-order valence-corrected chi connectivity index (χ2v) is 6.52. The molecule has 7 heteroatoms. The highest BCUT2D eigenvalue weighted by Gasteiger charge is 2.30. The molecular formula is C16H22N6O. The van der Waals surface area contributed by atoms with Crippen LogP contribution in [0.1, 0.15) is 31.4 Å². The minimum absolute atomic E-state index is 0.270. The summed E-state index contributed by atoms with van der Waals surface area (Å²) >= 11 is 0. The number of aryl methyl sites for hydroxylation is 1. The fourth-order valence-corrected chi connectivity index (χ4v) is 3.72. The number of nitrogens with zero attached hydrogens (tertiary/aromatic N) is 6. The van der Waals surface area contributed by atoms with Crippen LogP contribution < -0.4 is 4.90 Å². The molecule has 2 fully saturated rings. The first-order valence-corrected chi connectivity index (χ1v) is 8.43. The van der Waals surface area contributed by atoms with Crippen LogP contribution in [0.5, 0.6) is 0 Å². The van der Waals surface area contributed by atoms with E-state index in [9.17, 15) is 4.79 Å². The largest absolute Gasteiger partial charge is 0.353 e. The topological polar surface area (TPSA) is 66.6 Å². The number of carbonyl (C=O) groups is 1. The Bertz CT molecular complexity index is 712. The quantitative estimate of drug-likeness (QED) is 0.835. The van der Waals surface area contributed by atoms with E-state index < -0.39 is 0 Å². The van der Waals surface area contributed by atoms with E-state index in [1.807, 2.05) is 17.9 Å². The summed E-state index contributed by atoms with van der Waals surface area (Å²) in [6.45, 7) is 5.20. The zero-order chi connectivity index (χ0) is 15.8. The van der Waals surface area contributed by atoms with Gasteiger partial charge in [-0.1, -0.05) is 12.8 Å². The minimum atomic E-state index is 0.270. The van der Waals surface area contributed by atoms with Crippen LogP contribution in [0, 0.1) is 12.8 Å². The summed E-state index contributed by atoms with van der Waals surface area (Å²) in [5.74, 6) is 2.27. The maximum absolute atomic E-state index is 12.5. The van der Waals surface area contributed by atoms with Gasteiger partial charge in [-0.25, -0.2) is 4.98 Å². The molecule has 0 atom stereocenters. The van der Waals surface area contributed by atoms with Crippen molar-refractivity contribution in [2.75, 3.05) is 31.1 Å². The Labute approximate surface area is 135 Å². The molecule has 2 aliphatic rings. The highest BCUT2D eigenvalue weighted by molar-refractivity contribution is 5.79. The normalized spacial score (nSPS) is 19.7. The Morgan fingerprint density at radius 2 is 1.91 bits per heavy atom. The molecule has 0 radical (unpaired) electrons. The number of hydrogen-bond donors (Lipinski definition) is 0. The lowest BCUT2D eigenvalue weighted by Gasteiger charge is -2.37. The van der Waals surface area contributed by atoms with Crippen LogP contribution in [0.2, 0.25) is 0 Å². The zero-order valence-corrected chi connectivity index (χ0v) is 13.5. The van der Waals surface area contributed by atoms with E-state index in [0.29, 0.717) is 11.7 Å². The Morgan fingerprint density at radius 3 is 2.65 bits per heavy atom. The van der Waals surface area contributed by atoms with Crippen LogP contribution >= 0.6 is 0 Å². The maximum Gasteiger partial charge on any atom is 0.254 e. The summed E-state index contributed by atoms with van der Waals surface area (Å²) in [5.41, 5.74) is 0.935. The van der Waals surface area contributed by atoms with Crippen molar-refractivity contribution in [3.8, 4) is 0 Å². The van der Waals surface area contributed by atoms with E-state index in [4.69, 9.17) is 0 Å². The lowest BCUT2D eigenvalue weighted by atomic mass is 10.1. The Morgan fingerprint density at radius 1 is 1.17 bits per heavy atom. The fourth-order valence-electron chi connectivity index (χ4n) is 3.72. The average Bonchev–Trinajstić information content (AvgIpc) is 3.25. The van der Waals surface area contributed by atoms with E-state index in [2.05, 4.69) is 20.0 Å². The lowest BCUT2D eigenvalue weighted by molar-refractivity contribution is -0.135. The third-order valence-electron chi connectivity index (χ3n) is 4.98. The molecule has 2 aromatic rings. The highest BCUT2D eigenvalue weighted by atomic mass is 16.2. The Balaban J connectivity index is 1.48. The van der Waals surface area contributed by atoms with Gasteiger partial charge in [-0.2, -0.15) is 14.6 Å². The van der Waals surface area contributed by atoms with Crippen LogP contribution in [0.15, 0.2) is 12.4 Å². The van der Waals surface area contributed by atoms with Gasteiger partial charge in [0.15, 0.2) is 0 Å². The summed E-state index contributed by atoms with van der Waals surface area (Å²) in [5, 5.41) is 4.27. The van der Waals surface area contributed by atoms with Crippen LogP contribution in [-0.2, 0) is 4.79 Å². The van der Waals surface area contributed by atoms with E-state index in [1.165, 1.54) is 19.2 Å². The summed E-state index contributed by atoms with van der Waals surface area (Å²) < 4.78 is 1.78. The molecule has 1 saturated heterocycles. The first-order chi connectivity index (χ1) is 11.2. The molecule has 1 aliphatic carbocycles. The van der Waals surface area contributed by atoms with Gasteiger partial charge in [0.2, 0.25) is 5.91 Å². The lowest BCUT2D eigenvalue weighted by Crippen LogP contribution is -2.50. The summed E-state index contributed by atoms with van der Waals surface area (Å²) in [4.78, 5) is 25.4. The zero-order valence-electron chi connectivity index (χ0n) is 13.5. The number of carbonyl (C=O) groups excluding carboxylic acids is 1. The van der Waals surface area contributed by atoms with Gasteiger partial charge in [-0.3, -0.25) is 4.79 Å². The first kappa shape index (κ1) is 14.4. The van der Waals surface area contributed by atoms with Crippen LogP contribution in [0.25, 0.3) is 5.78 Å². The van der Waals surface area contributed by atoms with Gasteiger partial charge in [0, 0.05) is 43.9 Å². The molecule has 0 unspecified atom stereocenters. The number of piperazine rings is 1. The van der Waals surface area contributed by atoms with Crippen molar-refractivity contribution in [2.24, 2.45) is 5.92 Å². The van der Waals surface area contributed by atoms with E-state index >= 15 is 0 Å². The van der Waals surface area contributed by atoms with Crippen LogP contribution in [-0.4, -0.2) is 56.6 Å². The van der Waals surface area contributed by atoms with Crippen molar-refractivity contribution < 1.29 is 4.79 Å². The SMILES string of the molecule is Cc1cc(N2CCN(C(=O)C3CCCC3)CC2)n2ncnc2n1. The molecule has 0 bridgehead atoms. The van der Waals surface area contributed by atoms with Crippen molar-refractivity contribution >= 4 is 17.5 Å². The second-order valence-electron chi connectivity index (χ2n) is 6.52. The van der Waals surface area contributed by atoms with E-state index in [-0.39, 0.29) is 5.92 Å². The van der Waals surface area contributed by atoms with Gasteiger partial charge in [0.05, 0.1) is 0 Å². The molecule has 0 aromatic carbocycles. The molecule has 7 nitrogen and oxygen atoms in total. The molecule has 1 amide bonds. The smallest absolute Gasteiger partial charge is 0.254 e. The highest BCUT2D eigenvalue weighted by Crippen LogP contribution is 2.27. The summed E-state index contributed by atoms with van der Waals surface area (Å²) in [6.07, 6.45) is 6.09. The molecule has 1 saturated carbocycles. The molecule has 0 N–H and O–H groups in total. The predicted octanol–water partition coefficient (Wildman–Crippen LogP) is 1.27. The molecule has 1 aliphatic heterocycles. The van der Waals surface area contributed by atoms with E-state index in [0.717, 1.165) is 50.5 Å². The van der Waals surface area contributed by atoms with Crippen molar-refractivity contribution in [1.29, 1.82) is 0 Å². The van der Waals surface area contributed by atoms with Crippen molar-refractivity contribution in [1.82, 2.24) is 24.5 Å². The summed E-state index contributed by atoms with van der Waals surface area (Å²) in [6, 6.07) is 2.04. The third kappa shape index (κ3) is 2.64. The monoisotopic (exact) mass is 314 g/mol. The molecule has 23 heavy (non-hydrogen) atoms. The third-order valence-corrected chi connectivity index (χ3v) is 4.98. The van der Waals surface area contributed by atoms with Crippen LogP contribution in [0.3, 0.4) is 0 Å². The standard InChI is InChI=1S/C16H22N6O/c1-12-10-14(22-16(19-12)17-11-18-22)20-6-8-21(9-7-20)15(23)13-4-2-3-5-13/h10-11,13H,2-9H2,1H3. The first-order valence-electron chi connectivity index (χ1n) is 8.43. The Kier molecular flexibility index (Phi) is 3.63. The van der Waals surface area contributed by atoms with Gasteiger partial charge < -0.3 is 9.80 Å². The Hall–Kier alpha value is -2.18. The van der Waals surface area contributed by atoms with Gasteiger partial charge in [-0.05, 0) is 19.8 Å². The second kappa shape index (κ2) is 5.79. The predicted molar refractivity (Wildman–Crippen MR) is 86.3 cm³/mol. The molecule has 122 valence electrons. The number of rotatable bonds is 2. The number of amides is 1. The number of hydrogen-bond acceptors (Lipinski definition) is 5. The molecule has 3 heterocycles. The number of anilines is 1. The van der Waals surface area contributed by atoms with Gasteiger partial charge >= 0.3 is 0 Å². The average molecular weight is 314 g/mol. The molecule has 4 rings (SSSR count). The van der Waals surface area contributed by atoms with Gasteiger partial charge in [0.25, 0.3) is 5.78 Å². The fraction of sp³-hybridized carbons (Fsp3) is 0.625. The molecular weight excluding hydrogens is 292 g/mol. The van der Waals surface area contributed by atoms with Gasteiger partial charge in [0.1, 0.15) is 12.1 Å². The van der Waals surface area contributed by atoms with Gasteiger partial charge in [-0.15, -0.1) is 0 Å². The van der Waals surface area contributed by atoms with Crippen molar-refractivity contribution in [3.05, 3.63) is 18.1 Å². The maximum atomic E-state index is 12.5. The minimum Gasteiger partial charge on any atom is -0.353 e. The molecule has 2 aromatic heterocycles. The number of aromatic nitrogens is 4. The number of fused-ring (bicyclic) bond motifs is 1. The van der Waals surface area contributed by atoms with E-state index in [1.54, 1.807) is 4.52 Å².